The summed E-state index contributed by atoms with van der Waals surface area (Å²) in [7, 11) is 2.04. The minimum absolute atomic E-state index is 0.0894. The Hall–Kier alpha value is -1.83. The van der Waals surface area contributed by atoms with Gasteiger partial charge in [0, 0.05) is 24.7 Å². The molecule has 21 heavy (non-hydrogen) atoms. The maximum absolute atomic E-state index is 12.3. The van der Waals surface area contributed by atoms with Crippen LogP contribution in [0.15, 0.2) is 18.2 Å². The van der Waals surface area contributed by atoms with Crippen molar-refractivity contribution in [1.29, 1.82) is 0 Å². The van der Waals surface area contributed by atoms with Gasteiger partial charge < -0.3 is 16.0 Å². The fraction of sp³-hybridized carbons (Fsp3) is 0.471. The zero-order valence-electron chi connectivity index (χ0n) is 13.4. The van der Waals surface area contributed by atoms with Gasteiger partial charge >= 0.3 is 0 Å². The number of likely N-dealkylation sites (N-methyl/N-ethyl adjacent to an activating group) is 1. The van der Waals surface area contributed by atoms with Crippen molar-refractivity contribution in [3.05, 3.63) is 34.9 Å². The lowest BCUT2D eigenvalue weighted by atomic mass is 10.0. The fourth-order valence-electron chi connectivity index (χ4n) is 1.80. The summed E-state index contributed by atoms with van der Waals surface area (Å²) in [5.41, 5.74) is 7.82. The van der Waals surface area contributed by atoms with Crippen molar-refractivity contribution in [2.45, 2.75) is 26.8 Å². The largest absolute Gasteiger partial charge is 0.351 e. The van der Waals surface area contributed by atoms with E-state index in [0.717, 1.165) is 17.7 Å². The predicted molar refractivity (Wildman–Crippen MR) is 87.2 cm³/mol. The molecule has 114 valence electrons. The van der Waals surface area contributed by atoms with Crippen LogP contribution in [-0.2, 0) is 0 Å². The molecule has 1 rings (SSSR count). The van der Waals surface area contributed by atoms with Crippen molar-refractivity contribution in [3.63, 3.8) is 0 Å². The number of hydrogen-bond acceptors (Lipinski definition) is 3. The second-order valence-corrected chi connectivity index (χ2v) is 5.39. The van der Waals surface area contributed by atoms with E-state index in [9.17, 15) is 4.79 Å². The number of hydrogen-bond donors (Lipinski definition) is 2. The summed E-state index contributed by atoms with van der Waals surface area (Å²) in [6, 6.07) is 6.12. The van der Waals surface area contributed by atoms with Crippen LogP contribution in [0.1, 0.15) is 35.3 Å². The summed E-state index contributed by atoms with van der Waals surface area (Å²) >= 11 is 0. The lowest BCUT2D eigenvalue weighted by Gasteiger charge is -2.21. The van der Waals surface area contributed by atoms with Crippen LogP contribution in [0.4, 0.5) is 0 Å². The minimum atomic E-state index is -0.0894. The first-order valence-electron chi connectivity index (χ1n) is 7.23. The topological polar surface area (TPSA) is 58.4 Å². The van der Waals surface area contributed by atoms with Crippen molar-refractivity contribution in [1.82, 2.24) is 10.2 Å². The SMILES string of the molecule is Cc1ccc(C(=O)NCCN(C)C(C)C)c(C#CCN)c1. The quantitative estimate of drug-likeness (QED) is 0.804. The normalized spacial score (nSPS) is 10.4. The molecule has 0 atom stereocenters. The predicted octanol–water partition coefficient (Wildman–Crippen LogP) is 1.38. The monoisotopic (exact) mass is 287 g/mol. The van der Waals surface area contributed by atoms with Gasteiger partial charge in [-0.05, 0) is 45.5 Å². The number of amides is 1. The van der Waals surface area contributed by atoms with Crippen LogP contribution in [0, 0.1) is 18.8 Å². The highest BCUT2D eigenvalue weighted by molar-refractivity contribution is 5.96. The number of nitrogens with two attached hydrogens (primary N) is 1. The van der Waals surface area contributed by atoms with E-state index in [1.807, 2.05) is 32.2 Å². The molecular formula is C17H25N3O. The molecule has 0 radical (unpaired) electrons. The van der Waals surface area contributed by atoms with Crippen LogP contribution in [0.5, 0.6) is 0 Å². The summed E-state index contributed by atoms with van der Waals surface area (Å²) in [4.78, 5) is 14.4. The van der Waals surface area contributed by atoms with Crippen LogP contribution in [0.25, 0.3) is 0 Å². The Labute approximate surface area is 127 Å². The van der Waals surface area contributed by atoms with E-state index in [4.69, 9.17) is 5.73 Å². The maximum atomic E-state index is 12.3. The van der Waals surface area contributed by atoms with E-state index in [0.29, 0.717) is 18.2 Å². The molecule has 3 N–H and O–H groups in total. The number of benzene rings is 1. The summed E-state index contributed by atoms with van der Waals surface area (Å²) in [5, 5.41) is 2.94. The second-order valence-electron chi connectivity index (χ2n) is 5.39. The van der Waals surface area contributed by atoms with E-state index >= 15 is 0 Å². The lowest BCUT2D eigenvalue weighted by Crippen LogP contribution is -2.36. The molecular weight excluding hydrogens is 262 g/mol. The molecule has 0 bridgehead atoms. The summed E-state index contributed by atoms with van der Waals surface area (Å²) in [6.07, 6.45) is 0. The molecule has 4 nitrogen and oxygen atoms in total. The van der Waals surface area contributed by atoms with Gasteiger partial charge in [-0.25, -0.2) is 0 Å². The van der Waals surface area contributed by atoms with Crippen LogP contribution in [0.3, 0.4) is 0 Å². The van der Waals surface area contributed by atoms with Gasteiger partial charge in [0.05, 0.1) is 12.1 Å². The Morgan fingerprint density at radius 2 is 2.14 bits per heavy atom. The van der Waals surface area contributed by atoms with Gasteiger partial charge in [-0.3, -0.25) is 4.79 Å². The number of nitrogens with one attached hydrogen (secondary N) is 1. The Bertz CT molecular complexity index is 541. The van der Waals surface area contributed by atoms with Gasteiger partial charge in [-0.1, -0.05) is 17.9 Å². The fourth-order valence-corrected chi connectivity index (χ4v) is 1.80. The molecule has 1 aromatic rings. The van der Waals surface area contributed by atoms with Crippen molar-refractivity contribution < 1.29 is 4.79 Å². The van der Waals surface area contributed by atoms with Crippen molar-refractivity contribution in [2.75, 3.05) is 26.7 Å². The average molecular weight is 287 g/mol. The Morgan fingerprint density at radius 1 is 1.43 bits per heavy atom. The van der Waals surface area contributed by atoms with Gasteiger partial charge in [0.2, 0.25) is 0 Å². The first-order chi connectivity index (χ1) is 9.95. The number of rotatable bonds is 5. The van der Waals surface area contributed by atoms with Crippen LogP contribution < -0.4 is 11.1 Å². The number of nitrogens with zero attached hydrogens (tertiary/aromatic N) is 1. The average Bonchev–Trinajstić information content (AvgIpc) is 2.44. The molecule has 0 heterocycles. The first-order valence-corrected chi connectivity index (χ1v) is 7.23. The zero-order chi connectivity index (χ0) is 15.8. The van der Waals surface area contributed by atoms with E-state index in [2.05, 4.69) is 35.9 Å². The molecule has 0 fully saturated rings. The van der Waals surface area contributed by atoms with Crippen molar-refractivity contribution >= 4 is 5.91 Å². The smallest absolute Gasteiger partial charge is 0.252 e. The molecule has 0 saturated carbocycles. The van der Waals surface area contributed by atoms with Gasteiger partial charge in [-0.15, -0.1) is 0 Å². The van der Waals surface area contributed by atoms with Crippen LogP contribution in [0.2, 0.25) is 0 Å². The molecule has 0 saturated heterocycles. The van der Waals surface area contributed by atoms with Gasteiger partial charge in [-0.2, -0.15) is 0 Å². The third-order valence-electron chi connectivity index (χ3n) is 3.38. The first kappa shape index (κ1) is 17.2. The molecule has 1 aromatic carbocycles. The number of carbonyl (C=O) groups is 1. The van der Waals surface area contributed by atoms with Crippen molar-refractivity contribution in [2.24, 2.45) is 5.73 Å². The molecule has 0 unspecified atom stereocenters. The second kappa shape index (κ2) is 8.46. The molecule has 0 aliphatic heterocycles. The standard InChI is InChI=1S/C17H25N3O/c1-13(2)20(4)11-10-19-17(21)16-8-7-14(3)12-15(16)6-5-9-18/h7-8,12-13H,9-11,18H2,1-4H3,(H,19,21). The third-order valence-corrected chi connectivity index (χ3v) is 3.38. The van der Waals surface area contributed by atoms with E-state index in [-0.39, 0.29) is 12.5 Å². The molecule has 0 aliphatic carbocycles. The Kier molecular flexibility index (Phi) is 6.93. The Balaban J connectivity index is 2.74. The molecule has 4 heteroatoms. The molecule has 1 amide bonds. The summed E-state index contributed by atoms with van der Waals surface area (Å²) in [5.74, 6) is 5.68. The molecule has 0 aliphatic rings. The van der Waals surface area contributed by atoms with Gasteiger partial charge in [0.25, 0.3) is 5.91 Å². The summed E-state index contributed by atoms with van der Waals surface area (Å²) in [6.45, 7) is 7.95. The molecule has 0 aromatic heterocycles. The Morgan fingerprint density at radius 3 is 2.76 bits per heavy atom. The third kappa shape index (κ3) is 5.58. The summed E-state index contributed by atoms with van der Waals surface area (Å²) < 4.78 is 0. The maximum Gasteiger partial charge on any atom is 0.252 e. The zero-order valence-corrected chi connectivity index (χ0v) is 13.4. The number of aryl methyl sites for hydroxylation is 1. The van der Waals surface area contributed by atoms with Crippen LogP contribution in [-0.4, -0.2) is 43.5 Å². The van der Waals surface area contributed by atoms with E-state index in [1.165, 1.54) is 0 Å². The minimum Gasteiger partial charge on any atom is -0.351 e. The van der Waals surface area contributed by atoms with Crippen molar-refractivity contribution in [3.8, 4) is 11.8 Å². The van der Waals surface area contributed by atoms with E-state index in [1.54, 1.807) is 0 Å². The highest BCUT2D eigenvalue weighted by Crippen LogP contribution is 2.10. The number of carbonyl (C=O) groups excluding carboxylic acids is 1. The highest BCUT2D eigenvalue weighted by atomic mass is 16.1. The molecule has 0 spiro atoms. The van der Waals surface area contributed by atoms with Gasteiger partial charge in [0.1, 0.15) is 0 Å². The lowest BCUT2D eigenvalue weighted by molar-refractivity contribution is 0.0948. The van der Waals surface area contributed by atoms with Gasteiger partial charge in [0.15, 0.2) is 0 Å². The van der Waals surface area contributed by atoms with Crippen LogP contribution >= 0.6 is 0 Å². The van der Waals surface area contributed by atoms with E-state index < -0.39 is 0 Å². The highest BCUT2D eigenvalue weighted by Gasteiger charge is 2.10.